The first-order valence-electron chi connectivity index (χ1n) is 8.42. The number of rotatable bonds is 6. The van der Waals surface area contributed by atoms with Crippen molar-refractivity contribution in [1.29, 1.82) is 0 Å². The zero-order chi connectivity index (χ0) is 17.5. The first-order chi connectivity index (χ1) is 11.5. The summed E-state index contributed by atoms with van der Waals surface area (Å²) in [6.07, 6.45) is 5.70. The quantitative estimate of drug-likeness (QED) is 0.779. The summed E-state index contributed by atoms with van der Waals surface area (Å²) in [5, 5.41) is 11.3. The molecule has 1 aromatic carbocycles. The summed E-state index contributed by atoms with van der Waals surface area (Å²) in [6.45, 7) is 1.69. The Balaban J connectivity index is 1.90. The third-order valence-electron chi connectivity index (χ3n) is 4.23. The monoisotopic (exact) mass is 337 g/mol. The van der Waals surface area contributed by atoms with E-state index in [0.717, 1.165) is 31.7 Å². The van der Waals surface area contributed by atoms with Crippen LogP contribution in [-0.4, -0.2) is 29.2 Å². The van der Waals surface area contributed by atoms with Gasteiger partial charge >= 0.3 is 5.97 Å². The lowest BCUT2D eigenvalue weighted by Gasteiger charge is -2.20. The minimum absolute atomic E-state index is 0.0863. The van der Waals surface area contributed by atoms with Gasteiger partial charge < -0.3 is 15.2 Å². The van der Waals surface area contributed by atoms with E-state index in [1.807, 2.05) is 0 Å². The number of carbonyl (C=O) groups excluding carboxylic acids is 1. The first kappa shape index (κ1) is 18.4. The van der Waals surface area contributed by atoms with Gasteiger partial charge in [0.15, 0.2) is 0 Å². The fourth-order valence-corrected chi connectivity index (χ4v) is 2.90. The number of ether oxygens (including phenoxy) is 1. The molecule has 2 N–H and O–H groups in total. The van der Waals surface area contributed by atoms with Crippen LogP contribution in [-0.2, 0) is 20.7 Å². The van der Waals surface area contributed by atoms with Crippen LogP contribution >= 0.6 is 0 Å². The van der Waals surface area contributed by atoms with Crippen molar-refractivity contribution in [2.75, 3.05) is 5.32 Å². The van der Waals surface area contributed by atoms with E-state index in [-0.39, 0.29) is 24.0 Å². The molecule has 5 nitrogen and oxygen atoms in total. The van der Waals surface area contributed by atoms with Gasteiger partial charge in [-0.25, -0.2) is 4.39 Å². The lowest BCUT2D eigenvalue weighted by atomic mass is 10.1. The second kappa shape index (κ2) is 8.78. The number of anilines is 1. The summed E-state index contributed by atoms with van der Waals surface area (Å²) >= 11 is 0. The lowest BCUT2D eigenvalue weighted by molar-refractivity contribution is -0.136. The number of benzene rings is 1. The number of hydrogen-bond acceptors (Lipinski definition) is 3. The second-order valence-corrected chi connectivity index (χ2v) is 6.26. The van der Waals surface area contributed by atoms with E-state index >= 15 is 0 Å². The van der Waals surface area contributed by atoms with Crippen LogP contribution in [0.15, 0.2) is 18.2 Å². The van der Waals surface area contributed by atoms with Gasteiger partial charge in [-0.05, 0) is 37.5 Å². The molecular formula is C18H24FNO4. The Bertz CT molecular complexity index is 582. The van der Waals surface area contributed by atoms with Crippen molar-refractivity contribution in [3.63, 3.8) is 0 Å². The maximum absolute atomic E-state index is 13.8. The van der Waals surface area contributed by atoms with Crippen LogP contribution in [0.25, 0.3) is 0 Å². The molecule has 0 aliphatic heterocycles. The minimum Gasteiger partial charge on any atom is -0.481 e. The molecule has 1 aliphatic rings. The first-order valence-corrected chi connectivity index (χ1v) is 8.42. The summed E-state index contributed by atoms with van der Waals surface area (Å²) in [7, 11) is 0. The molecule has 0 aromatic heterocycles. The van der Waals surface area contributed by atoms with Gasteiger partial charge in [0, 0.05) is 5.69 Å². The molecule has 24 heavy (non-hydrogen) atoms. The van der Waals surface area contributed by atoms with Crippen molar-refractivity contribution in [1.82, 2.24) is 0 Å². The van der Waals surface area contributed by atoms with E-state index < -0.39 is 17.9 Å². The summed E-state index contributed by atoms with van der Waals surface area (Å²) < 4.78 is 19.7. The number of carbonyl (C=O) groups is 2. The zero-order valence-electron chi connectivity index (χ0n) is 13.9. The number of aliphatic carboxylic acids is 1. The van der Waals surface area contributed by atoms with Gasteiger partial charge in [0.25, 0.3) is 5.91 Å². The molecule has 0 spiro atoms. The van der Waals surface area contributed by atoms with Gasteiger partial charge in [-0.15, -0.1) is 0 Å². The van der Waals surface area contributed by atoms with Gasteiger partial charge in [0.05, 0.1) is 12.5 Å². The highest BCUT2D eigenvalue weighted by atomic mass is 19.1. The standard InChI is InChI=1S/C18H24FNO4/c1-12(24-15-6-4-2-3-5-7-15)18(23)20-14-9-8-13(10-17(21)22)16(19)11-14/h8-9,11-12,15H,2-7,10H2,1H3,(H,20,23)(H,21,22). The molecule has 1 aliphatic carbocycles. The second-order valence-electron chi connectivity index (χ2n) is 6.26. The third kappa shape index (κ3) is 5.60. The van der Waals surface area contributed by atoms with Crippen LogP contribution in [0, 0.1) is 5.82 Å². The summed E-state index contributed by atoms with van der Waals surface area (Å²) in [5.74, 6) is -2.08. The van der Waals surface area contributed by atoms with E-state index in [0.29, 0.717) is 5.69 Å². The van der Waals surface area contributed by atoms with E-state index in [1.54, 1.807) is 6.92 Å². The van der Waals surface area contributed by atoms with Crippen molar-refractivity contribution >= 4 is 17.6 Å². The van der Waals surface area contributed by atoms with Gasteiger partial charge in [-0.2, -0.15) is 0 Å². The number of carboxylic acids is 1. The molecule has 0 bridgehead atoms. The Morgan fingerprint density at radius 3 is 2.54 bits per heavy atom. The van der Waals surface area contributed by atoms with Gasteiger partial charge in [-0.3, -0.25) is 9.59 Å². The highest BCUT2D eigenvalue weighted by molar-refractivity contribution is 5.94. The SMILES string of the molecule is CC(OC1CCCCCC1)C(=O)Nc1ccc(CC(=O)O)c(F)c1. The van der Waals surface area contributed by atoms with Crippen molar-refractivity contribution in [3.05, 3.63) is 29.6 Å². The predicted molar refractivity (Wildman–Crippen MR) is 88.4 cm³/mol. The largest absolute Gasteiger partial charge is 0.481 e. The van der Waals surface area contributed by atoms with E-state index in [4.69, 9.17) is 9.84 Å². The summed E-state index contributed by atoms with van der Waals surface area (Å²) in [6, 6.07) is 4.00. The fourth-order valence-electron chi connectivity index (χ4n) is 2.90. The van der Waals surface area contributed by atoms with Crippen LogP contribution in [0.3, 0.4) is 0 Å². The Hall–Kier alpha value is -1.95. The molecule has 0 saturated heterocycles. The van der Waals surface area contributed by atoms with Gasteiger partial charge in [0.2, 0.25) is 0 Å². The number of amides is 1. The Morgan fingerprint density at radius 1 is 1.29 bits per heavy atom. The normalized spacial score (nSPS) is 17.1. The molecular weight excluding hydrogens is 313 g/mol. The molecule has 132 valence electrons. The third-order valence-corrected chi connectivity index (χ3v) is 4.23. The van der Waals surface area contributed by atoms with Crippen LogP contribution in [0.4, 0.5) is 10.1 Å². The number of halogens is 1. The molecule has 2 rings (SSSR count). The highest BCUT2D eigenvalue weighted by Gasteiger charge is 2.21. The number of carboxylic acid groups (broad SMARTS) is 1. The molecule has 1 atom stereocenters. The Labute approximate surface area is 141 Å². The van der Waals surface area contributed by atoms with Crippen molar-refractivity contribution in [2.24, 2.45) is 0 Å². The lowest BCUT2D eigenvalue weighted by Crippen LogP contribution is -2.31. The molecule has 0 radical (unpaired) electrons. The predicted octanol–water partition coefficient (Wildman–Crippen LogP) is 3.52. The van der Waals surface area contributed by atoms with Crippen molar-refractivity contribution in [2.45, 2.75) is 64.1 Å². The minimum atomic E-state index is -1.10. The topological polar surface area (TPSA) is 75.6 Å². The number of nitrogens with one attached hydrogen (secondary N) is 1. The van der Waals surface area contributed by atoms with Crippen LogP contribution in [0.5, 0.6) is 0 Å². The fraction of sp³-hybridized carbons (Fsp3) is 0.556. The van der Waals surface area contributed by atoms with Crippen LogP contribution in [0.2, 0.25) is 0 Å². The highest BCUT2D eigenvalue weighted by Crippen LogP contribution is 2.21. The molecule has 1 aromatic rings. The maximum atomic E-state index is 13.8. The van der Waals surface area contributed by atoms with Crippen molar-refractivity contribution < 1.29 is 23.8 Å². The molecule has 1 unspecified atom stereocenters. The maximum Gasteiger partial charge on any atom is 0.307 e. The molecule has 1 amide bonds. The van der Waals surface area contributed by atoms with Crippen LogP contribution < -0.4 is 5.32 Å². The van der Waals surface area contributed by atoms with Gasteiger partial charge in [0.1, 0.15) is 11.9 Å². The van der Waals surface area contributed by atoms with E-state index in [2.05, 4.69) is 5.32 Å². The Morgan fingerprint density at radius 2 is 1.96 bits per heavy atom. The summed E-state index contributed by atoms with van der Waals surface area (Å²) in [5.41, 5.74) is 0.381. The van der Waals surface area contributed by atoms with Gasteiger partial charge in [-0.1, -0.05) is 31.7 Å². The smallest absolute Gasteiger partial charge is 0.307 e. The average Bonchev–Trinajstić information content (AvgIpc) is 2.78. The number of hydrogen-bond donors (Lipinski definition) is 2. The summed E-state index contributed by atoms with van der Waals surface area (Å²) in [4.78, 5) is 22.8. The van der Waals surface area contributed by atoms with E-state index in [1.165, 1.54) is 25.0 Å². The van der Waals surface area contributed by atoms with Crippen molar-refractivity contribution in [3.8, 4) is 0 Å². The molecule has 6 heteroatoms. The molecule has 1 saturated carbocycles. The molecule has 1 fully saturated rings. The van der Waals surface area contributed by atoms with Crippen LogP contribution in [0.1, 0.15) is 51.0 Å². The molecule has 0 heterocycles. The zero-order valence-corrected chi connectivity index (χ0v) is 13.9. The average molecular weight is 337 g/mol. The van der Waals surface area contributed by atoms with E-state index in [9.17, 15) is 14.0 Å². The Kier molecular flexibility index (Phi) is 6.73.